The van der Waals surface area contributed by atoms with Crippen LogP contribution < -0.4 is 4.90 Å². The van der Waals surface area contributed by atoms with Gasteiger partial charge in [-0.25, -0.2) is 4.79 Å². The lowest BCUT2D eigenvalue weighted by Crippen LogP contribution is -2.33. The van der Waals surface area contributed by atoms with Gasteiger partial charge < -0.3 is 9.74 Å². The zero-order chi connectivity index (χ0) is 23.8. The number of hydrogen-bond acceptors (Lipinski definition) is 5. The molecule has 0 bridgehead atoms. The van der Waals surface area contributed by atoms with Crippen LogP contribution in [0.4, 0.5) is 5.69 Å². The summed E-state index contributed by atoms with van der Waals surface area (Å²) in [7, 11) is 0. The van der Waals surface area contributed by atoms with Gasteiger partial charge in [0, 0.05) is 25.7 Å². The maximum absolute atomic E-state index is 13.2. The Bertz CT molecular complexity index is 1030. The minimum atomic E-state index is -0.651. The standard InChI is InChI=1S/C26H28N2O5/c1-3-9-21-18-27(22-11-6-5-10-20(22)15-14-19(21)4-2)23(29)12-7-8-13-26(32)33-28-24(30)16-17-25(28)31/h3-6,9-11,14-15H,2,7-8,12-13,16-18H2,1H3/b9-3-,15-14-,21-19-. The highest BCUT2D eigenvalue weighted by Gasteiger charge is 2.32. The van der Waals surface area contributed by atoms with Gasteiger partial charge in [-0.1, -0.05) is 55.2 Å². The van der Waals surface area contributed by atoms with Crippen LogP contribution in [0.3, 0.4) is 0 Å². The smallest absolute Gasteiger partial charge is 0.330 e. The fraction of sp³-hybridized carbons (Fsp3) is 0.308. The molecule has 7 nitrogen and oxygen atoms in total. The monoisotopic (exact) mass is 448 g/mol. The average molecular weight is 449 g/mol. The number of hydrogen-bond donors (Lipinski definition) is 0. The van der Waals surface area contributed by atoms with E-state index in [1.54, 1.807) is 11.0 Å². The predicted octanol–water partition coefficient (Wildman–Crippen LogP) is 4.27. The Kier molecular flexibility index (Phi) is 8.13. The van der Waals surface area contributed by atoms with Crippen LogP contribution in [0.2, 0.25) is 0 Å². The van der Waals surface area contributed by atoms with Gasteiger partial charge in [0.25, 0.3) is 11.8 Å². The van der Waals surface area contributed by atoms with Crippen molar-refractivity contribution in [3.8, 4) is 0 Å². The molecule has 0 aromatic heterocycles. The first-order valence-corrected chi connectivity index (χ1v) is 11.1. The first kappa shape index (κ1) is 23.9. The number of anilines is 1. The minimum absolute atomic E-state index is 0.0218. The Balaban J connectivity index is 1.63. The lowest BCUT2D eigenvalue weighted by Gasteiger charge is -2.27. The lowest BCUT2D eigenvalue weighted by molar-refractivity contribution is -0.197. The summed E-state index contributed by atoms with van der Waals surface area (Å²) < 4.78 is 0. The Morgan fingerprint density at radius 2 is 1.76 bits per heavy atom. The van der Waals surface area contributed by atoms with E-state index in [-0.39, 0.29) is 31.6 Å². The number of unbranched alkanes of at least 4 members (excludes halogenated alkanes) is 1. The molecule has 0 atom stereocenters. The van der Waals surface area contributed by atoms with Crippen LogP contribution in [0, 0.1) is 0 Å². The van der Waals surface area contributed by atoms with Crippen molar-refractivity contribution in [2.45, 2.75) is 45.4 Å². The van der Waals surface area contributed by atoms with Crippen molar-refractivity contribution >= 4 is 35.5 Å². The Morgan fingerprint density at radius 3 is 2.45 bits per heavy atom. The zero-order valence-corrected chi connectivity index (χ0v) is 18.8. The van der Waals surface area contributed by atoms with Crippen LogP contribution >= 0.6 is 0 Å². The summed E-state index contributed by atoms with van der Waals surface area (Å²) in [5.74, 6) is -1.71. The molecule has 172 valence electrons. The summed E-state index contributed by atoms with van der Waals surface area (Å²) >= 11 is 0. The highest BCUT2D eigenvalue weighted by molar-refractivity contribution is 6.01. The van der Waals surface area contributed by atoms with E-state index >= 15 is 0 Å². The van der Waals surface area contributed by atoms with Crippen molar-refractivity contribution in [1.82, 2.24) is 5.06 Å². The van der Waals surface area contributed by atoms with E-state index in [0.29, 0.717) is 24.4 Å². The second-order valence-corrected chi connectivity index (χ2v) is 7.81. The molecule has 0 unspecified atom stereocenters. The molecule has 1 aromatic rings. The van der Waals surface area contributed by atoms with Crippen LogP contribution in [0.25, 0.3) is 6.08 Å². The van der Waals surface area contributed by atoms with Gasteiger partial charge in [0.1, 0.15) is 0 Å². The summed E-state index contributed by atoms with van der Waals surface area (Å²) in [4.78, 5) is 54.9. The Labute approximate surface area is 193 Å². The maximum Gasteiger partial charge on any atom is 0.333 e. The SMILES string of the molecule is C=CC1=C(\C=C/C)CN(C(=O)CCCCC(=O)ON2C(=O)CCC2=O)c2ccccc2/C=C\1. The summed E-state index contributed by atoms with van der Waals surface area (Å²) in [5.41, 5.74) is 3.70. The number of carbonyl (C=O) groups is 4. The number of para-hydroxylation sites is 1. The van der Waals surface area contributed by atoms with Crippen molar-refractivity contribution in [3.63, 3.8) is 0 Å². The molecular formula is C26H28N2O5. The van der Waals surface area contributed by atoms with Crippen molar-refractivity contribution < 1.29 is 24.0 Å². The summed E-state index contributed by atoms with van der Waals surface area (Å²) in [6.45, 7) is 6.24. The van der Waals surface area contributed by atoms with Gasteiger partial charge in [-0.2, -0.15) is 0 Å². The van der Waals surface area contributed by atoms with E-state index < -0.39 is 17.8 Å². The number of imide groups is 1. The van der Waals surface area contributed by atoms with Gasteiger partial charge in [0.15, 0.2) is 0 Å². The van der Waals surface area contributed by atoms with Gasteiger partial charge >= 0.3 is 5.97 Å². The number of fused-ring (bicyclic) bond motifs is 1. The van der Waals surface area contributed by atoms with Crippen LogP contribution in [-0.4, -0.2) is 35.3 Å². The fourth-order valence-electron chi connectivity index (χ4n) is 3.77. The molecule has 0 radical (unpaired) electrons. The van der Waals surface area contributed by atoms with E-state index in [2.05, 4.69) is 6.58 Å². The topological polar surface area (TPSA) is 84.0 Å². The minimum Gasteiger partial charge on any atom is -0.330 e. The number of nitrogens with zero attached hydrogens (tertiary/aromatic N) is 2. The number of carbonyl (C=O) groups excluding carboxylic acids is 4. The number of rotatable bonds is 8. The molecular weight excluding hydrogens is 420 g/mol. The third kappa shape index (κ3) is 5.94. The van der Waals surface area contributed by atoms with Gasteiger partial charge in [0.05, 0.1) is 12.2 Å². The van der Waals surface area contributed by atoms with Crippen molar-refractivity contribution in [2.75, 3.05) is 11.4 Å². The van der Waals surface area contributed by atoms with E-state index in [4.69, 9.17) is 4.84 Å². The number of allylic oxidation sites excluding steroid dienone is 4. The largest absolute Gasteiger partial charge is 0.333 e. The Morgan fingerprint density at radius 1 is 1.06 bits per heavy atom. The molecule has 0 saturated carbocycles. The quantitative estimate of drug-likeness (QED) is 0.438. The second-order valence-electron chi connectivity index (χ2n) is 7.81. The van der Waals surface area contributed by atoms with Crippen LogP contribution in [-0.2, 0) is 24.0 Å². The molecule has 2 aliphatic rings. The molecule has 3 rings (SSSR count). The molecule has 1 aromatic carbocycles. The summed E-state index contributed by atoms with van der Waals surface area (Å²) in [6, 6.07) is 7.72. The van der Waals surface area contributed by atoms with E-state index in [1.165, 1.54) is 0 Å². The third-order valence-electron chi connectivity index (χ3n) is 5.48. The van der Waals surface area contributed by atoms with E-state index in [9.17, 15) is 19.2 Å². The first-order valence-electron chi connectivity index (χ1n) is 11.1. The molecule has 33 heavy (non-hydrogen) atoms. The average Bonchev–Trinajstić information content (AvgIpc) is 3.11. The first-order chi connectivity index (χ1) is 15.9. The molecule has 3 amide bonds. The van der Waals surface area contributed by atoms with Crippen molar-refractivity contribution in [3.05, 3.63) is 71.9 Å². The maximum atomic E-state index is 13.2. The highest BCUT2D eigenvalue weighted by atomic mass is 16.7. The Hall–Kier alpha value is -3.74. The fourth-order valence-corrected chi connectivity index (χ4v) is 3.77. The lowest BCUT2D eigenvalue weighted by atomic mass is 10.00. The molecule has 7 heteroatoms. The summed E-state index contributed by atoms with van der Waals surface area (Å²) in [6.07, 6.45) is 11.0. The zero-order valence-electron chi connectivity index (χ0n) is 18.8. The third-order valence-corrected chi connectivity index (χ3v) is 5.48. The van der Waals surface area contributed by atoms with Gasteiger partial charge in [-0.15, -0.1) is 5.06 Å². The van der Waals surface area contributed by atoms with Crippen molar-refractivity contribution in [2.24, 2.45) is 0 Å². The van der Waals surface area contributed by atoms with E-state index in [1.807, 2.05) is 55.5 Å². The van der Waals surface area contributed by atoms with Crippen molar-refractivity contribution in [1.29, 1.82) is 0 Å². The molecule has 0 aliphatic carbocycles. The normalized spacial score (nSPS) is 19.3. The van der Waals surface area contributed by atoms with Gasteiger partial charge in [-0.3, -0.25) is 14.4 Å². The number of benzene rings is 1. The summed E-state index contributed by atoms with van der Waals surface area (Å²) in [5, 5.41) is 0.546. The van der Waals surface area contributed by atoms with Crippen LogP contribution in [0.1, 0.15) is 51.0 Å². The van der Waals surface area contributed by atoms with Gasteiger partial charge in [0.2, 0.25) is 5.91 Å². The van der Waals surface area contributed by atoms with Crippen LogP contribution in [0.15, 0.2) is 66.3 Å². The number of hydroxylamine groups is 2. The molecule has 0 spiro atoms. The molecule has 0 N–H and O–H groups in total. The van der Waals surface area contributed by atoms with Crippen LogP contribution in [0.5, 0.6) is 0 Å². The van der Waals surface area contributed by atoms with E-state index in [0.717, 1.165) is 22.4 Å². The molecule has 1 fully saturated rings. The molecule has 1 saturated heterocycles. The number of amides is 3. The predicted molar refractivity (Wildman–Crippen MR) is 126 cm³/mol. The highest BCUT2D eigenvalue weighted by Crippen LogP contribution is 2.28. The molecule has 2 heterocycles. The molecule has 2 aliphatic heterocycles. The second kappa shape index (κ2) is 11.2. The van der Waals surface area contributed by atoms with Gasteiger partial charge in [-0.05, 0) is 42.5 Å².